The average Bonchev–Trinajstić information content (AvgIpc) is 2.90. The Kier molecular flexibility index (Phi) is 5.39. The van der Waals surface area contributed by atoms with Crippen molar-refractivity contribution in [2.45, 2.75) is 40.5 Å². The maximum absolute atomic E-state index is 12.2. The Morgan fingerprint density at radius 3 is 2.58 bits per heavy atom. The zero-order chi connectivity index (χ0) is 17.9. The van der Waals surface area contributed by atoms with Crippen LogP contribution >= 0.6 is 0 Å². The molecule has 0 aliphatic carbocycles. The van der Waals surface area contributed by atoms with Gasteiger partial charge in [0.05, 0.1) is 5.69 Å². The summed E-state index contributed by atoms with van der Waals surface area (Å²) in [6.45, 7) is 8.97. The summed E-state index contributed by atoms with van der Waals surface area (Å²) in [5, 5.41) is 6.53. The van der Waals surface area contributed by atoms with Crippen molar-refractivity contribution in [2.75, 3.05) is 11.9 Å². The second-order valence-electron chi connectivity index (χ2n) is 6.10. The Hall–Kier alpha value is -2.63. The van der Waals surface area contributed by atoms with Crippen molar-refractivity contribution in [1.82, 2.24) is 5.16 Å². The molecule has 2 rings (SSSR count). The van der Waals surface area contributed by atoms with E-state index in [9.17, 15) is 9.59 Å². The fraction of sp³-hybridized carbons (Fsp3) is 0.389. The van der Waals surface area contributed by atoms with Gasteiger partial charge in [-0.05, 0) is 32.4 Å². The van der Waals surface area contributed by atoms with E-state index in [0.29, 0.717) is 22.7 Å². The lowest BCUT2D eigenvalue weighted by molar-refractivity contribution is -0.119. The van der Waals surface area contributed by atoms with Crippen LogP contribution in [-0.4, -0.2) is 23.6 Å². The van der Waals surface area contributed by atoms with Crippen LogP contribution in [0.15, 0.2) is 22.7 Å². The predicted molar refractivity (Wildman–Crippen MR) is 90.2 cm³/mol. The zero-order valence-electron chi connectivity index (χ0n) is 14.6. The van der Waals surface area contributed by atoms with Crippen molar-refractivity contribution in [3.05, 3.63) is 46.3 Å². The molecule has 24 heavy (non-hydrogen) atoms. The van der Waals surface area contributed by atoms with E-state index >= 15 is 0 Å². The summed E-state index contributed by atoms with van der Waals surface area (Å²) < 4.78 is 10.3. The van der Waals surface area contributed by atoms with Gasteiger partial charge in [0.25, 0.3) is 5.91 Å². The van der Waals surface area contributed by atoms with E-state index in [2.05, 4.69) is 10.5 Å². The minimum atomic E-state index is -0.603. The lowest BCUT2D eigenvalue weighted by Crippen LogP contribution is -2.22. The molecule has 0 spiro atoms. The third-order valence-electron chi connectivity index (χ3n) is 3.61. The summed E-state index contributed by atoms with van der Waals surface area (Å²) in [6, 6.07) is 5.70. The molecule has 0 unspecified atom stereocenters. The van der Waals surface area contributed by atoms with Gasteiger partial charge in [0.2, 0.25) is 0 Å². The van der Waals surface area contributed by atoms with Crippen molar-refractivity contribution in [3.63, 3.8) is 0 Å². The monoisotopic (exact) mass is 330 g/mol. The Bertz CT molecular complexity index is 762. The van der Waals surface area contributed by atoms with E-state index < -0.39 is 11.9 Å². The van der Waals surface area contributed by atoms with Crippen LogP contribution in [0.2, 0.25) is 0 Å². The summed E-state index contributed by atoms with van der Waals surface area (Å²) in [5.74, 6) is -0.534. The molecule has 1 aromatic carbocycles. The molecule has 128 valence electrons. The first-order chi connectivity index (χ1) is 11.3. The number of nitrogens with zero attached hydrogens (tertiary/aromatic N) is 1. The number of anilines is 1. The predicted octanol–water partition coefficient (Wildman–Crippen LogP) is 3.52. The maximum Gasteiger partial charge on any atom is 0.344 e. The van der Waals surface area contributed by atoms with Crippen molar-refractivity contribution in [1.29, 1.82) is 0 Å². The molecule has 6 nitrogen and oxygen atoms in total. The van der Waals surface area contributed by atoms with E-state index in [1.54, 1.807) is 6.92 Å². The van der Waals surface area contributed by atoms with E-state index in [1.807, 2.05) is 45.9 Å². The van der Waals surface area contributed by atoms with Gasteiger partial charge in [-0.3, -0.25) is 4.79 Å². The fourth-order valence-corrected chi connectivity index (χ4v) is 2.37. The highest BCUT2D eigenvalue weighted by Gasteiger charge is 2.24. The molecule has 1 heterocycles. The highest BCUT2D eigenvalue weighted by atomic mass is 16.5. The van der Waals surface area contributed by atoms with Gasteiger partial charge in [-0.1, -0.05) is 36.7 Å². The van der Waals surface area contributed by atoms with Crippen molar-refractivity contribution in [3.8, 4) is 0 Å². The molecule has 1 amide bonds. The smallest absolute Gasteiger partial charge is 0.344 e. The minimum Gasteiger partial charge on any atom is -0.452 e. The Morgan fingerprint density at radius 1 is 1.25 bits per heavy atom. The molecule has 0 aliphatic rings. The topological polar surface area (TPSA) is 81.4 Å². The first-order valence-electron chi connectivity index (χ1n) is 7.80. The van der Waals surface area contributed by atoms with Gasteiger partial charge in [0, 0.05) is 11.6 Å². The quantitative estimate of drug-likeness (QED) is 0.848. The molecule has 1 N–H and O–H groups in total. The largest absolute Gasteiger partial charge is 0.452 e. The van der Waals surface area contributed by atoms with Gasteiger partial charge in [-0.25, -0.2) is 4.79 Å². The van der Waals surface area contributed by atoms with Crippen molar-refractivity contribution >= 4 is 17.6 Å². The fourth-order valence-electron chi connectivity index (χ4n) is 2.37. The highest BCUT2D eigenvalue weighted by molar-refractivity contribution is 5.96. The van der Waals surface area contributed by atoms with Crippen molar-refractivity contribution < 1.29 is 18.8 Å². The molecule has 0 fully saturated rings. The number of carbonyl (C=O) groups is 2. The minimum absolute atomic E-state index is 0.00205. The van der Waals surface area contributed by atoms with Gasteiger partial charge < -0.3 is 14.6 Å². The number of ether oxygens (including phenoxy) is 1. The molecule has 0 bridgehead atoms. The van der Waals surface area contributed by atoms with Gasteiger partial charge in [-0.2, -0.15) is 0 Å². The van der Waals surface area contributed by atoms with E-state index in [4.69, 9.17) is 9.26 Å². The first kappa shape index (κ1) is 17.7. The van der Waals surface area contributed by atoms with Crippen LogP contribution in [0.3, 0.4) is 0 Å². The molecular weight excluding hydrogens is 308 g/mol. The number of aryl methyl sites for hydroxylation is 3. The maximum atomic E-state index is 12.2. The molecular formula is C18H22N2O4. The van der Waals surface area contributed by atoms with Crippen LogP contribution in [0.1, 0.15) is 52.7 Å². The van der Waals surface area contributed by atoms with Gasteiger partial charge in [-0.15, -0.1) is 0 Å². The standard InChI is InChI=1S/C18H22N2O4/c1-10(2)17-16(13(5)20-24-17)18(22)23-9-15(21)19-14-7-6-11(3)8-12(14)4/h6-8,10H,9H2,1-5H3,(H,19,21). The normalized spacial score (nSPS) is 10.8. The van der Waals surface area contributed by atoms with E-state index in [1.165, 1.54) is 0 Å². The number of rotatable bonds is 5. The molecule has 0 saturated heterocycles. The second kappa shape index (κ2) is 7.29. The number of hydrogen-bond donors (Lipinski definition) is 1. The first-order valence-corrected chi connectivity index (χ1v) is 7.80. The Morgan fingerprint density at radius 2 is 1.96 bits per heavy atom. The third-order valence-corrected chi connectivity index (χ3v) is 3.61. The van der Waals surface area contributed by atoms with Crippen LogP contribution in [-0.2, 0) is 9.53 Å². The molecule has 0 saturated carbocycles. The Balaban J connectivity index is 1.99. The van der Waals surface area contributed by atoms with Crippen LogP contribution in [0.4, 0.5) is 5.69 Å². The summed E-state index contributed by atoms with van der Waals surface area (Å²) >= 11 is 0. The molecule has 1 aromatic heterocycles. The van der Waals surface area contributed by atoms with Gasteiger partial charge in [0.1, 0.15) is 5.56 Å². The molecule has 0 aliphatic heterocycles. The lowest BCUT2D eigenvalue weighted by Gasteiger charge is -2.10. The van der Waals surface area contributed by atoms with Gasteiger partial charge >= 0.3 is 5.97 Å². The second-order valence-corrected chi connectivity index (χ2v) is 6.10. The van der Waals surface area contributed by atoms with Crippen LogP contribution in [0, 0.1) is 20.8 Å². The number of esters is 1. The molecule has 0 atom stereocenters. The Labute approximate surface area is 141 Å². The SMILES string of the molecule is Cc1ccc(NC(=O)COC(=O)c2c(C)noc2C(C)C)c(C)c1. The summed E-state index contributed by atoms with van der Waals surface area (Å²) in [5.41, 5.74) is 3.52. The van der Waals surface area contributed by atoms with E-state index in [0.717, 1.165) is 11.1 Å². The molecule has 2 aromatic rings. The number of amides is 1. The number of aromatic nitrogens is 1. The zero-order valence-corrected chi connectivity index (χ0v) is 14.6. The highest BCUT2D eigenvalue weighted by Crippen LogP contribution is 2.23. The number of hydrogen-bond acceptors (Lipinski definition) is 5. The lowest BCUT2D eigenvalue weighted by atomic mass is 10.1. The summed E-state index contributed by atoms with van der Waals surface area (Å²) in [6.07, 6.45) is 0. The van der Waals surface area contributed by atoms with Gasteiger partial charge in [0.15, 0.2) is 12.4 Å². The van der Waals surface area contributed by atoms with Crippen molar-refractivity contribution in [2.24, 2.45) is 0 Å². The van der Waals surface area contributed by atoms with Crippen LogP contribution in [0.5, 0.6) is 0 Å². The van der Waals surface area contributed by atoms with Crippen LogP contribution < -0.4 is 5.32 Å². The number of benzene rings is 1. The molecule has 6 heteroatoms. The van der Waals surface area contributed by atoms with Crippen LogP contribution in [0.25, 0.3) is 0 Å². The third kappa shape index (κ3) is 4.01. The average molecular weight is 330 g/mol. The molecule has 0 radical (unpaired) electrons. The summed E-state index contributed by atoms with van der Waals surface area (Å²) in [4.78, 5) is 24.2. The summed E-state index contributed by atoms with van der Waals surface area (Å²) in [7, 11) is 0. The van der Waals surface area contributed by atoms with E-state index in [-0.39, 0.29) is 12.5 Å². The number of nitrogens with one attached hydrogen (secondary N) is 1. The number of carbonyl (C=O) groups excluding carboxylic acids is 2.